The van der Waals surface area contributed by atoms with Crippen LogP contribution in [0.3, 0.4) is 0 Å². The number of hydrogen-bond donors (Lipinski definition) is 2. The first-order chi connectivity index (χ1) is 10.1. The highest BCUT2D eigenvalue weighted by Gasteiger charge is 2.18. The number of carbonyl (C=O) groups excluding carboxylic acids is 1. The van der Waals surface area contributed by atoms with Gasteiger partial charge < -0.3 is 10.4 Å². The topological polar surface area (TPSA) is 66.4 Å². The number of aliphatic carboxylic acids is 1. The second kappa shape index (κ2) is 8.34. The van der Waals surface area contributed by atoms with E-state index in [0.29, 0.717) is 5.25 Å². The van der Waals surface area contributed by atoms with Gasteiger partial charge in [0.25, 0.3) is 0 Å². The maximum atomic E-state index is 11.8. The molecule has 1 aliphatic rings. The Balaban J connectivity index is 1.89. The predicted octanol–water partition coefficient (Wildman–Crippen LogP) is 3.48. The van der Waals surface area contributed by atoms with Gasteiger partial charge in [-0.25, -0.2) is 0 Å². The second-order valence-corrected chi connectivity index (χ2v) is 7.28. The Morgan fingerprint density at radius 1 is 1.19 bits per heavy atom. The lowest BCUT2D eigenvalue weighted by atomic mass is 10.3. The van der Waals surface area contributed by atoms with Gasteiger partial charge in [-0.15, -0.1) is 23.5 Å². The number of carboxylic acid groups (broad SMARTS) is 1. The molecular formula is C15H19NO3S2. The van der Waals surface area contributed by atoms with E-state index in [1.54, 1.807) is 0 Å². The van der Waals surface area contributed by atoms with Gasteiger partial charge >= 0.3 is 5.97 Å². The van der Waals surface area contributed by atoms with Crippen LogP contribution in [0.4, 0.5) is 5.69 Å². The molecule has 0 atom stereocenters. The van der Waals surface area contributed by atoms with Crippen LogP contribution in [0.5, 0.6) is 0 Å². The fraction of sp³-hybridized carbons (Fsp3) is 0.467. The fourth-order valence-electron chi connectivity index (χ4n) is 2.28. The highest BCUT2D eigenvalue weighted by atomic mass is 32.2. The number of thioether (sulfide) groups is 2. The number of benzene rings is 1. The summed E-state index contributed by atoms with van der Waals surface area (Å²) in [4.78, 5) is 23.4. The van der Waals surface area contributed by atoms with Gasteiger partial charge in [-0.3, -0.25) is 9.59 Å². The minimum atomic E-state index is -0.898. The van der Waals surface area contributed by atoms with Crippen molar-refractivity contribution in [1.82, 2.24) is 0 Å². The molecule has 1 aromatic carbocycles. The van der Waals surface area contributed by atoms with Gasteiger partial charge in [0.05, 0.1) is 17.2 Å². The monoisotopic (exact) mass is 325 g/mol. The average molecular weight is 325 g/mol. The molecule has 0 saturated heterocycles. The Morgan fingerprint density at radius 2 is 1.90 bits per heavy atom. The Bertz CT molecular complexity index is 501. The lowest BCUT2D eigenvalue weighted by Gasteiger charge is -2.13. The number of carboxylic acids is 1. The lowest BCUT2D eigenvalue weighted by molar-refractivity contribution is -0.133. The average Bonchev–Trinajstić information content (AvgIpc) is 2.93. The molecule has 1 aliphatic carbocycles. The number of para-hydroxylation sites is 1. The molecule has 0 unspecified atom stereocenters. The summed E-state index contributed by atoms with van der Waals surface area (Å²) in [5, 5.41) is 12.1. The van der Waals surface area contributed by atoms with Gasteiger partial charge in [0.2, 0.25) is 5.91 Å². The second-order valence-electron chi connectivity index (χ2n) is 4.96. The predicted molar refractivity (Wildman–Crippen MR) is 88.1 cm³/mol. The van der Waals surface area contributed by atoms with Crippen LogP contribution >= 0.6 is 23.5 Å². The number of hydrogen-bond acceptors (Lipinski definition) is 4. The molecule has 114 valence electrons. The molecule has 2 N–H and O–H groups in total. The third kappa shape index (κ3) is 5.63. The highest BCUT2D eigenvalue weighted by Crippen LogP contribution is 2.37. The van der Waals surface area contributed by atoms with Gasteiger partial charge in [0, 0.05) is 10.1 Å². The molecule has 1 fully saturated rings. The van der Waals surface area contributed by atoms with Gasteiger partial charge in [-0.1, -0.05) is 25.0 Å². The molecule has 0 bridgehead atoms. The van der Waals surface area contributed by atoms with Crippen molar-refractivity contribution < 1.29 is 14.7 Å². The summed E-state index contributed by atoms with van der Waals surface area (Å²) in [5.41, 5.74) is 0.829. The minimum absolute atomic E-state index is 0.0497. The van der Waals surface area contributed by atoms with Crippen molar-refractivity contribution in [3.63, 3.8) is 0 Å². The normalized spacial score (nSPS) is 15.0. The number of amides is 1. The van der Waals surface area contributed by atoms with Gasteiger partial charge in [0.15, 0.2) is 0 Å². The molecule has 2 rings (SSSR count). The number of nitrogens with one attached hydrogen (secondary N) is 1. The van der Waals surface area contributed by atoms with Crippen LogP contribution in [0.2, 0.25) is 0 Å². The van der Waals surface area contributed by atoms with E-state index in [0.717, 1.165) is 22.3 Å². The van der Waals surface area contributed by atoms with Gasteiger partial charge in [0.1, 0.15) is 0 Å². The maximum Gasteiger partial charge on any atom is 0.313 e. The first-order valence-electron chi connectivity index (χ1n) is 7.00. The van der Waals surface area contributed by atoms with Gasteiger partial charge in [-0.05, 0) is 25.0 Å². The van der Waals surface area contributed by atoms with E-state index in [2.05, 4.69) is 5.32 Å². The molecule has 4 nitrogen and oxygen atoms in total. The van der Waals surface area contributed by atoms with E-state index < -0.39 is 5.97 Å². The van der Waals surface area contributed by atoms with Crippen LogP contribution in [0.1, 0.15) is 25.7 Å². The summed E-state index contributed by atoms with van der Waals surface area (Å²) in [6.07, 6.45) is 5.05. The molecule has 1 saturated carbocycles. The summed E-state index contributed by atoms with van der Waals surface area (Å²) in [6, 6.07) is 7.81. The maximum absolute atomic E-state index is 11.8. The van der Waals surface area contributed by atoms with Crippen molar-refractivity contribution in [2.24, 2.45) is 0 Å². The van der Waals surface area contributed by atoms with Crippen LogP contribution in [-0.2, 0) is 9.59 Å². The largest absolute Gasteiger partial charge is 0.481 e. The van der Waals surface area contributed by atoms with E-state index in [1.807, 2.05) is 36.0 Å². The SMILES string of the molecule is O=C(O)CSCC(=O)Nc1ccccc1SC1CCCC1. The van der Waals surface area contributed by atoms with E-state index in [9.17, 15) is 9.59 Å². The first kappa shape index (κ1) is 16.2. The Morgan fingerprint density at radius 3 is 2.62 bits per heavy atom. The summed E-state index contributed by atoms with van der Waals surface area (Å²) >= 11 is 2.94. The lowest BCUT2D eigenvalue weighted by Crippen LogP contribution is -2.16. The third-order valence-electron chi connectivity index (χ3n) is 3.22. The summed E-state index contributed by atoms with van der Waals surface area (Å²) in [7, 11) is 0. The molecule has 6 heteroatoms. The molecule has 1 amide bonds. The Labute approximate surface area is 133 Å². The molecule has 0 spiro atoms. The first-order valence-corrected chi connectivity index (χ1v) is 9.03. The molecule has 0 aliphatic heterocycles. The zero-order valence-electron chi connectivity index (χ0n) is 11.7. The Kier molecular flexibility index (Phi) is 6.45. The molecule has 0 heterocycles. The number of anilines is 1. The zero-order valence-corrected chi connectivity index (χ0v) is 13.3. The quantitative estimate of drug-likeness (QED) is 0.803. The molecule has 21 heavy (non-hydrogen) atoms. The standard InChI is InChI=1S/C15H19NO3S2/c17-14(9-20-10-15(18)19)16-12-7-3-4-8-13(12)21-11-5-1-2-6-11/h3-4,7-8,11H,1-2,5-6,9-10H2,(H,16,17)(H,18,19). The fourth-order valence-corrected chi connectivity index (χ4v) is 4.14. The smallest absolute Gasteiger partial charge is 0.313 e. The summed E-state index contributed by atoms with van der Waals surface area (Å²) in [5.74, 6) is -0.939. The van der Waals surface area contributed by atoms with Crippen molar-refractivity contribution in [2.45, 2.75) is 35.8 Å². The van der Waals surface area contributed by atoms with Crippen molar-refractivity contribution in [2.75, 3.05) is 16.8 Å². The van der Waals surface area contributed by atoms with Crippen molar-refractivity contribution in [3.8, 4) is 0 Å². The van der Waals surface area contributed by atoms with Crippen LogP contribution < -0.4 is 5.32 Å². The van der Waals surface area contributed by atoms with E-state index >= 15 is 0 Å². The number of rotatable bonds is 7. The summed E-state index contributed by atoms with van der Waals surface area (Å²) < 4.78 is 0. The van der Waals surface area contributed by atoms with Crippen molar-refractivity contribution in [3.05, 3.63) is 24.3 Å². The van der Waals surface area contributed by atoms with E-state index in [-0.39, 0.29) is 17.4 Å². The molecule has 0 radical (unpaired) electrons. The number of carbonyl (C=O) groups is 2. The van der Waals surface area contributed by atoms with Crippen LogP contribution in [0, 0.1) is 0 Å². The van der Waals surface area contributed by atoms with Crippen molar-refractivity contribution >= 4 is 41.1 Å². The summed E-state index contributed by atoms with van der Waals surface area (Å²) in [6.45, 7) is 0. The molecule has 0 aromatic heterocycles. The third-order valence-corrected chi connectivity index (χ3v) is 5.55. The van der Waals surface area contributed by atoms with Crippen molar-refractivity contribution in [1.29, 1.82) is 0 Å². The van der Waals surface area contributed by atoms with Crippen LogP contribution in [0.15, 0.2) is 29.2 Å². The van der Waals surface area contributed by atoms with E-state index in [1.165, 1.54) is 25.7 Å². The van der Waals surface area contributed by atoms with Gasteiger partial charge in [-0.2, -0.15) is 0 Å². The highest BCUT2D eigenvalue weighted by molar-refractivity contribution is 8.00. The Hall–Kier alpha value is -1.14. The van der Waals surface area contributed by atoms with Crippen LogP contribution in [-0.4, -0.2) is 33.7 Å². The van der Waals surface area contributed by atoms with Crippen LogP contribution in [0.25, 0.3) is 0 Å². The van der Waals surface area contributed by atoms with E-state index in [4.69, 9.17) is 5.11 Å². The minimum Gasteiger partial charge on any atom is -0.481 e. The molecule has 1 aromatic rings. The molecular weight excluding hydrogens is 306 g/mol. The zero-order chi connectivity index (χ0) is 15.1.